The smallest absolute Gasteiger partial charge is 0.0541 e. The molecule has 2 heterocycles. The molecule has 0 atom stereocenters. The number of rotatable bonds is 3. The van der Waals surface area contributed by atoms with Crippen molar-refractivity contribution in [3.05, 3.63) is 201 Å². The summed E-state index contributed by atoms with van der Waals surface area (Å²) in [4.78, 5) is 5.19. The van der Waals surface area contributed by atoms with Gasteiger partial charge in [-0.05, 0) is 91.2 Å². The van der Waals surface area contributed by atoms with Crippen molar-refractivity contribution in [3.63, 3.8) is 0 Å². The van der Waals surface area contributed by atoms with E-state index < -0.39 is 0 Å². The third-order valence-electron chi connectivity index (χ3n) is 11.1. The van der Waals surface area contributed by atoms with Gasteiger partial charge >= 0.3 is 0 Å². The first-order valence-corrected chi connectivity index (χ1v) is 20.0. The summed E-state index contributed by atoms with van der Waals surface area (Å²) in [7, 11) is 0. The Bertz CT molecular complexity index is 2260. The second-order valence-corrected chi connectivity index (χ2v) is 16.2. The molecule has 5 heteroatoms. The number of para-hydroxylation sites is 3. The fourth-order valence-corrected chi connectivity index (χ4v) is 10.1. The van der Waals surface area contributed by atoms with Crippen molar-refractivity contribution in [2.24, 2.45) is 17.8 Å². The van der Waals surface area contributed by atoms with Crippen LogP contribution >= 0.6 is 11.3 Å². The number of thiazole rings is 1. The second kappa shape index (κ2) is 17.4. The molecule has 276 valence electrons. The van der Waals surface area contributed by atoms with Gasteiger partial charge in [0.05, 0.1) is 16.7 Å². The van der Waals surface area contributed by atoms with E-state index in [9.17, 15) is 0 Å². The third-order valence-corrected chi connectivity index (χ3v) is 12.0. The number of hydrogen-bond acceptors (Lipinski definition) is 2. The average molecular weight is 901 g/mol. The molecule has 0 amide bonds. The Morgan fingerprint density at radius 2 is 0.945 bits per heavy atom. The fraction of sp³-hybridized carbons (Fsp3) is 0.200. The van der Waals surface area contributed by atoms with E-state index in [1.165, 1.54) is 65.0 Å². The summed E-state index contributed by atoms with van der Waals surface area (Å²) in [6, 6.07) is 53.6. The van der Waals surface area contributed by atoms with Gasteiger partial charge in [-0.25, -0.2) is 0 Å². The first kappa shape index (κ1) is 38.6. The molecule has 0 N–H and O–H groups in total. The Morgan fingerprint density at radius 3 is 1.36 bits per heavy atom. The molecule has 0 aliphatic heterocycles. The van der Waals surface area contributed by atoms with Gasteiger partial charge in [0.25, 0.3) is 0 Å². The number of nitrogens with zero attached hydrogens (tertiary/aromatic N) is 3. The molecule has 4 saturated carbocycles. The first-order valence-electron chi connectivity index (χ1n) is 19.1. The van der Waals surface area contributed by atoms with Crippen LogP contribution < -0.4 is 0 Å². The summed E-state index contributed by atoms with van der Waals surface area (Å²) in [5.41, 5.74) is 8.09. The number of benzene rings is 6. The van der Waals surface area contributed by atoms with Crippen LogP contribution in [0.3, 0.4) is 0 Å². The molecule has 0 saturated heterocycles. The van der Waals surface area contributed by atoms with Crippen molar-refractivity contribution >= 4 is 48.5 Å². The van der Waals surface area contributed by atoms with Gasteiger partial charge in [-0.3, -0.25) is 0 Å². The first-order chi connectivity index (χ1) is 26.4. The Morgan fingerprint density at radius 1 is 0.527 bits per heavy atom. The molecule has 4 aliphatic carbocycles. The Labute approximate surface area is 349 Å². The predicted molar refractivity (Wildman–Crippen MR) is 231 cm³/mol. The third kappa shape index (κ3) is 8.90. The van der Waals surface area contributed by atoms with Crippen LogP contribution in [0.1, 0.15) is 55.2 Å². The molecule has 4 bridgehead atoms. The van der Waals surface area contributed by atoms with Crippen molar-refractivity contribution in [3.8, 4) is 5.69 Å². The standard InChI is InChI=1S/C29H26N3S.3C7H7.Hf/c1-3-8-23-21(6-1)22-7-2-4-9-24(22)32(23)25-10-5-11-26-27(25)30-28(33-26)31-29-15-18-12-19(16-29)14-20(13-18)17-29;3*1-7-5-3-2-4-6-7;/h1-11,18-20H,12-17H2;3*2-6H,1H2;/q4*-1;. The van der Waals surface area contributed by atoms with Crippen molar-refractivity contribution < 1.29 is 25.8 Å². The molecule has 0 unspecified atom stereocenters. The van der Waals surface area contributed by atoms with Crippen LogP contribution in [0.2, 0.25) is 0 Å². The summed E-state index contributed by atoms with van der Waals surface area (Å²) in [5, 5.41) is 9.00. The fourth-order valence-electron chi connectivity index (χ4n) is 9.17. The van der Waals surface area contributed by atoms with Crippen molar-refractivity contribution in [2.45, 2.75) is 44.1 Å². The monoisotopic (exact) mass is 901 g/mol. The maximum atomic E-state index is 5.43. The zero-order valence-electron chi connectivity index (χ0n) is 31.4. The van der Waals surface area contributed by atoms with Gasteiger partial charge in [-0.1, -0.05) is 60.7 Å². The minimum Gasteiger partial charge on any atom is -0.450 e. The molecule has 4 fully saturated rings. The van der Waals surface area contributed by atoms with E-state index in [0.717, 1.165) is 50.8 Å². The van der Waals surface area contributed by atoms with Crippen LogP contribution in [0.4, 0.5) is 5.13 Å². The Balaban J connectivity index is 0.000000172. The molecule has 0 radical (unpaired) electrons. The van der Waals surface area contributed by atoms with Crippen LogP contribution in [-0.4, -0.2) is 15.1 Å². The molecule has 12 rings (SSSR count). The van der Waals surface area contributed by atoms with E-state index in [4.69, 9.17) is 10.3 Å². The Hall–Kier alpha value is -4.71. The van der Waals surface area contributed by atoms with Crippen LogP contribution in [-0.2, 0) is 25.8 Å². The van der Waals surface area contributed by atoms with Gasteiger partial charge in [-0.15, -0.1) is 47.7 Å². The van der Waals surface area contributed by atoms with Gasteiger partial charge < -0.3 is 14.9 Å². The molecule has 8 aromatic rings. The van der Waals surface area contributed by atoms with E-state index in [-0.39, 0.29) is 31.4 Å². The minimum absolute atomic E-state index is 0. The second-order valence-electron chi connectivity index (χ2n) is 15.2. The summed E-state index contributed by atoms with van der Waals surface area (Å²) in [6.07, 6.45) is 8.21. The van der Waals surface area contributed by atoms with Gasteiger partial charge in [0, 0.05) is 46.8 Å². The predicted octanol–water partition coefficient (Wildman–Crippen LogP) is 14.0. The molecule has 6 aromatic carbocycles. The maximum Gasteiger partial charge on any atom is 0.0541 e. The zero-order chi connectivity index (χ0) is 36.9. The minimum atomic E-state index is 0. The summed E-state index contributed by atoms with van der Waals surface area (Å²) in [5.74, 6) is 2.72. The topological polar surface area (TPSA) is 31.9 Å². The van der Waals surface area contributed by atoms with E-state index in [1.807, 2.05) is 91.0 Å². The Kier molecular flexibility index (Phi) is 12.2. The molecule has 0 spiro atoms. The quantitative estimate of drug-likeness (QED) is 0.128. The van der Waals surface area contributed by atoms with E-state index in [0.29, 0.717) is 0 Å². The van der Waals surface area contributed by atoms with E-state index in [2.05, 4.69) is 92.1 Å². The van der Waals surface area contributed by atoms with E-state index >= 15 is 0 Å². The normalized spacial score (nSPS) is 20.3. The maximum absolute atomic E-state index is 5.43. The largest absolute Gasteiger partial charge is 0.450 e. The van der Waals surface area contributed by atoms with Crippen LogP contribution in [0.5, 0.6) is 0 Å². The summed E-state index contributed by atoms with van der Waals surface area (Å²) < 4.78 is 3.62. The van der Waals surface area contributed by atoms with Gasteiger partial charge in [-0.2, -0.15) is 73.9 Å². The van der Waals surface area contributed by atoms with Gasteiger partial charge in [0.1, 0.15) is 0 Å². The zero-order valence-corrected chi connectivity index (χ0v) is 35.8. The van der Waals surface area contributed by atoms with Gasteiger partial charge in [0.15, 0.2) is 0 Å². The summed E-state index contributed by atoms with van der Waals surface area (Å²) >= 11 is 1.78. The molecule has 3 nitrogen and oxygen atoms in total. The van der Waals surface area contributed by atoms with Crippen molar-refractivity contribution in [1.82, 2.24) is 9.55 Å². The molecular weight excluding hydrogens is 853 g/mol. The number of aromatic nitrogens is 2. The van der Waals surface area contributed by atoms with Crippen molar-refractivity contribution in [2.75, 3.05) is 0 Å². The van der Waals surface area contributed by atoms with Crippen LogP contribution in [0, 0.1) is 38.5 Å². The number of hydrogen-bond donors (Lipinski definition) is 0. The number of fused-ring (bicyclic) bond motifs is 4. The van der Waals surface area contributed by atoms with E-state index in [1.54, 1.807) is 11.3 Å². The summed E-state index contributed by atoms with van der Waals surface area (Å²) in [6.45, 7) is 11.2. The van der Waals surface area contributed by atoms with Crippen LogP contribution in [0.25, 0.3) is 43.0 Å². The van der Waals surface area contributed by atoms with Gasteiger partial charge in [0.2, 0.25) is 0 Å². The molecule has 55 heavy (non-hydrogen) atoms. The SMILES string of the molecule is [CH2-]c1ccccc1.[CH2-]c1ccccc1.[CH2-]c1ccccc1.[Hf].c1cc(-n2c3ccccc3c3ccccc32)c2nc([N-]C34CC5CC(CC(C5)C3)C4)sc2c1. The molecular formula is C50H47HfN3S-4. The average Bonchev–Trinajstić information content (AvgIpc) is 3.74. The van der Waals surface area contributed by atoms with Crippen molar-refractivity contribution in [1.29, 1.82) is 0 Å². The molecule has 4 aliphatic rings. The van der Waals surface area contributed by atoms with Crippen LogP contribution in [0.15, 0.2) is 158 Å². The molecule has 2 aromatic heterocycles.